The van der Waals surface area contributed by atoms with Gasteiger partial charge in [-0.3, -0.25) is 0 Å². The predicted octanol–water partition coefficient (Wildman–Crippen LogP) is 2.45. The lowest BCUT2D eigenvalue weighted by molar-refractivity contribution is 0.133. The molecule has 1 unspecified atom stereocenters. The van der Waals surface area contributed by atoms with Crippen LogP contribution in [0.1, 0.15) is 20.8 Å². The van der Waals surface area contributed by atoms with Crippen LogP contribution in [0.5, 0.6) is 0 Å². The van der Waals surface area contributed by atoms with Crippen LogP contribution in [-0.4, -0.2) is 21.7 Å². The van der Waals surface area contributed by atoms with Gasteiger partial charge in [0.15, 0.2) is 0 Å². The van der Waals surface area contributed by atoms with Crippen LogP contribution in [0, 0.1) is 0 Å². The van der Waals surface area contributed by atoms with Crippen molar-refractivity contribution >= 4 is 32.9 Å². The van der Waals surface area contributed by atoms with E-state index in [0.29, 0.717) is 5.69 Å². The van der Waals surface area contributed by atoms with Crippen molar-refractivity contribution in [3.63, 3.8) is 0 Å². The van der Waals surface area contributed by atoms with Gasteiger partial charge in [-0.15, -0.1) is 11.3 Å². The number of anilines is 2. The maximum absolute atomic E-state index is 9.69. The Balaban J connectivity index is 2.39. The number of rotatable bonds is 3. The zero-order chi connectivity index (χ0) is 12.6. The highest BCUT2D eigenvalue weighted by Crippen LogP contribution is 2.32. The van der Waals surface area contributed by atoms with Crippen LogP contribution < -0.4 is 11.1 Å². The molecule has 0 aliphatic rings. The Kier molecular flexibility index (Phi) is 2.97. The molecule has 0 saturated heterocycles. The highest BCUT2D eigenvalue weighted by Gasteiger charge is 2.24. The summed E-state index contributed by atoms with van der Waals surface area (Å²) >= 11 is 1.57. The maximum Gasteiger partial charge on any atom is 0.106 e. The van der Waals surface area contributed by atoms with Gasteiger partial charge in [0.1, 0.15) is 5.52 Å². The standard InChI is InChI=1S/C12H17N3OS/c1-7(16)12(2,3)15-8-4-5-9-11(10(8)13)14-6-17-9/h4-7,15-16H,13H2,1-3H3. The number of nitrogens with zero attached hydrogens (tertiary/aromatic N) is 1. The molecule has 0 aliphatic carbocycles. The second-order valence-corrected chi connectivity index (χ2v) is 5.63. The summed E-state index contributed by atoms with van der Waals surface area (Å²) in [6.45, 7) is 5.62. The Hall–Kier alpha value is -1.33. The number of hydrogen-bond acceptors (Lipinski definition) is 5. The van der Waals surface area contributed by atoms with Gasteiger partial charge < -0.3 is 16.2 Å². The molecular weight excluding hydrogens is 234 g/mol. The van der Waals surface area contributed by atoms with Gasteiger partial charge in [-0.1, -0.05) is 0 Å². The first-order valence-corrected chi connectivity index (χ1v) is 6.37. The van der Waals surface area contributed by atoms with Crippen molar-refractivity contribution in [1.82, 2.24) is 4.98 Å². The summed E-state index contributed by atoms with van der Waals surface area (Å²) < 4.78 is 1.07. The Bertz CT molecular complexity index is 534. The highest BCUT2D eigenvalue weighted by molar-refractivity contribution is 7.16. The van der Waals surface area contributed by atoms with Crippen LogP contribution >= 0.6 is 11.3 Å². The summed E-state index contributed by atoms with van der Waals surface area (Å²) in [5.41, 5.74) is 9.69. The van der Waals surface area contributed by atoms with E-state index in [0.717, 1.165) is 15.9 Å². The van der Waals surface area contributed by atoms with Crippen LogP contribution in [0.4, 0.5) is 11.4 Å². The number of aromatic nitrogens is 1. The molecule has 5 heteroatoms. The Labute approximate surface area is 104 Å². The fourth-order valence-electron chi connectivity index (χ4n) is 1.51. The van der Waals surface area contributed by atoms with Crippen LogP contribution in [-0.2, 0) is 0 Å². The third kappa shape index (κ3) is 2.21. The molecule has 1 heterocycles. The highest BCUT2D eigenvalue weighted by atomic mass is 32.1. The predicted molar refractivity (Wildman–Crippen MR) is 73.4 cm³/mol. The first-order chi connectivity index (χ1) is 7.92. The minimum absolute atomic E-state index is 0.433. The summed E-state index contributed by atoms with van der Waals surface area (Å²) in [5.74, 6) is 0. The van der Waals surface area contributed by atoms with E-state index in [-0.39, 0.29) is 0 Å². The first kappa shape index (κ1) is 12.1. The SMILES string of the molecule is CC(O)C(C)(C)Nc1ccc2scnc2c1N. The van der Waals surface area contributed by atoms with Crippen molar-refractivity contribution in [3.05, 3.63) is 17.6 Å². The average molecular weight is 251 g/mol. The Morgan fingerprint density at radius 1 is 1.47 bits per heavy atom. The number of nitrogens with two attached hydrogens (primary N) is 1. The molecule has 2 rings (SSSR count). The summed E-state index contributed by atoms with van der Waals surface area (Å²) in [7, 11) is 0. The molecule has 1 aromatic heterocycles. The lowest BCUT2D eigenvalue weighted by Crippen LogP contribution is -2.42. The fraction of sp³-hybridized carbons (Fsp3) is 0.417. The Morgan fingerprint density at radius 2 is 2.18 bits per heavy atom. The molecule has 0 radical (unpaired) electrons. The monoisotopic (exact) mass is 251 g/mol. The molecule has 17 heavy (non-hydrogen) atoms. The van der Waals surface area contributed by atoms with Crippen LogP contribution in [0.15, 0.2) is 17.6 Å². The van der Waals surface area contributed by atoms with E-state index in [4.69, 9.17) is 5.73 Å². The third-order valence-corrected chi connectivity index (χ3v) is 3.84. The molecule has 0 amide bonds. The van der Waals surface area contributed by atoms with E-state index >= 15 is 0 Å². The largest absolute Gasteiger partial charge is 0.395 e. The van der Waals surface area contributed by atoms with Gasteiger partial charge in [0.2, 0.25) is 0 Å². The zero-order valence-corrected chi connectivity index (χ0v) is 11.0. The third-order valence-electron chi connectivity index (χ3n) is 3.04. The van der Waals surface area contributed by atoms with E-state index in [1.807, 2.05) is 26.0 Å². The van der Waals surface area contributed by atoms with Crippen molar-refractivity contribution in [2.45, 2.75) is 32.4 Å². The average Bonchev–Trinajstić information content (AvgIpc) is 2.70. The number of fused-ring (bicyclic) bond motifs is 1. The van der Waals surface area contributed by atoms with Gasteiger partial charge in [-0.05, 0) is 32.9 Å². The quantitative estimate of drug-likeness (QED) is 0.733. The number of thiazole rings is 1. The van der Waals surface area contributed by atoms with E-state index < -0.39 is 11.6 Å². The van der Waals surface area contributed by atoms with Crippen LogP contribution in [0.2, 0.25) is 0 Å². The second kappa shape index (κ2) is 4.16. The van der Waals surface area contributed by atoms with Gasteiger partial charge in [-0.25, -0.2) is 4.98 Å². The number of aliphatic hydroxyl groups is 1. The van der Waals surface area contributed by atoms with Gasteiger partial charge >= 0.3 is 0 Å². The molecule has 0 aliphatic heterocycles. The summed E-state index contributed by atoms with van der Waals surface area (Å²) in [4.78, 5) is 4.24. The topological polar surface area (TPSA) is 71.2 Å². The Morgan fingerprint density at radius 3 is 2.82 bits per heavy atom. The van der Waals surface area contributed by atoms with Crippen molar-refractivity contribution < 1.29 is 5.11 Å². The number of hydrogen-bond donors (Lipinski definition) is 3. The van der Waals surface area contributed by atoms with Gasteiger partial charge in [0.05, 0.1) is 33.2 Å². The molecule has 4 N–H and O–H groups in total. The van der Waals surface area contributed by atoms with Crippen molar-refractivity contribution in [2.75, 3.05) is 11.1 Å². The molecule has 0 spiro atoms. The minimum atomic E-state index is -0.479. The van der Waals surface area contributed by atoms with Crippen molar-refractivity contribution in [1.29, 1.82) is 0 Å². The molecule has 92 valence electrons. The maximum atomic E-state index is 9.69. The van der Waals surface area contributed by atoms with E-state index in [1.54, 1.807) is 23.8 Å². The van der Waals surface area contributed by atoms with Gasteiger partial charge in [0, 0.05) is 0 Å². The van der Waals surface area contributed by atoms with E-state index in [2.05, 4.69) is 10.3 Å². The molecule has 0 fully saturated rings. The smallest absolute Gasteiger partial charge is 0.106 e. The molecule has 1 aromatic carbocycles. The van der Waals surface area contributed by atoms with Crippen molar-refractivity contribution in [3.8, 4) is 0 Å². The van der Waals surface area contributed by atoms with Crippen LogP contribution in [0.3, 0.4) is 0 Å². The zero-order valence-electron chi connectivity index (χ0n) is 10.2. The number of aliphatic hydroxyl groups excluding tert-OH is 1. The number of benzene rings is 1. The van der Waals surface area contributed by atoms with Crippen LogP contribution in [0.25, 0.3) is 10.2 Å². The summed E-state index contributed by atoms with van der Waals surface area (Å²) in [6, 6.07) is 3.92. The molecule has 4 nitrogen and oxygen atoms in total. The lowest BCUT2D eigenvalue weighted by Gasteiger charge is -2.31. The van der Waals surface area contributed by atoms with E-state index in [9.17, 15) is 5.11 Å². The number of nitrogens with one attached hydrogen (secondary N) is 1. The molecule has 2 aromatic rings. The van der Waals surface area contributed by atoms with Gasteiger partial charge in [0.25, 0.3) is 0 Å². The molecule has 0 saturated carbocycles. The second-order valence-electron chi connectivity index (χ2n) is 4.75. The lowest BCUT2D eigenvalue weighted by atomic mass is 9.98. The molecule has 0 bridgehead atoms. The van der Waals surface area contributed by atoms with Gasteiger partial charge in [-0.2, -0.15) is 0 Å². The summed E-state index contributed by atoms with van der Waals surface area (Å²) in [5, 5.41) is 12.9. The fourth-order valence-corrected chi connectivity index (χ4v) is 2.21. The minimum Gasteiger partial charge on any atom is -0.395 e. The first-order valence-electron chi connectivity index (χ1n) is 5.50. The number of nitrogen functional groups attached to an aromatic ring is 1. The summed E-state index contributed by atoms with van der Waals surface area (Å²) in [6.07, 6.45) is -0.479. The normalized spacial score (nSPS) is 13.9. The van der Waals surface area contributed by atoms with E-state index in [1.165, 1.54) is 0 Å². The van der Waals surface area contributed by atoms with Crippen molar-refractivity contribution in [2.24, 2.45) is 0 Å². The molecular formula is C12H17N3OS. The molecule has 1 atom stereocenters.